The number of aryl methyl sites for hydroxylation is 2. The second kappa shape index (κ2) is 3.21. The molecule has 72 valence electrons. The highest BCUT2D eigenvalue weighted by molar-refractivity contribution is 6.34. The molecule has 3 heteroatoms. The maximum absolute atomic E-state index is 6.04. The highest BCUT2D eigenvalue weighted by Gasteiger charge is 2.08. The Morgan fingerprint density at radius 1 is 1.07 bits per heavy atom. The lowest BCUT2D eigenvalue weighted by molar-refractivity contribution is 1.20. The Morgan fingerprint density at radius 3 is 2.50 bits per heavy atom. The third-order valence-electron chi connectivity index (χ3n) is 2.71. The van der Waals surface area contributed by atoms with Crippen LogP contribution in [0.3, 0.4) is 0 Å². The third kappa shape index (κ3) is 1.26. The highest BCUT2D eigenvalue weighted by Crippen LogP contribution is 2.27. The standard InChI is InChI=1S/C11H11ClN2/c1-6-4-9-10(8(3)7(6)2)11(12)14-5-13-9/h4-5H,1-3H3. The van der Waals surface area contributed by atoms with Gasteiger partial charge >= 0.3 is 0 Å². The van der Waals surface area contributed by atoms with Crippen LogP contribution >= 0.6 is 11.6 Å². The van der Waals surface area contributed by atoms with Crippen molar-refractivity contribution in [1.82, 2.24) is 9.97 Å². The summed E-state index contributed by atoms with van der Waals surface area (Å²) < 4.78 is 0. The van der Waals surface area contributed by atoms with Crippen LogP contribution in [0.1, 0.15) is 16.7 Å². The van der Waals surface area contributed by atoms with Crippen LogP contribution in [-0.4, -0.2) is 9.97 Å². The first-order valence-electron chi connectivity index (χ1n) is 4.48. The molecule has 0 N–H and O–H groups in total. The van der Waals surface area contributed by atoms with Crippen LogP contribution in [0.25, 0.3) is 10.9 Å². The summed E-state index contributed by atoms with van der Waals surface area (Å²) in [6.07, 6.45) is 1.50. The zero-order chi connectivity index (χ0) is 10.3. The van der Waals surface area contributed by atoms with Crippen molar-refractivity contribution >= 4 is 22.5 Å². The summed E-state index contributed by atoms with van der Waals surface area (Å²) in [5, 5.41) is 1.51. The van der Waals surface area contributed by atoms with E-state index in [1.165, 1.54) is 23.0 Å². The fraction of sp³-hybridized carbons (Fsp3) is 0.273. The van der Waals surface area contributed by atoms with Crippen molar-refractivity contribution < 1.29 is 0 Å². The second-order valence-corrected chi connectivity index (χ2v) is 3.86. The van der Waals surface area contributed by atoms with Crippen LogP contribution in [0.5, 0.6) is 0 Å². The first kappa shape index (κ1) is 9.41. The summed E-state index contributed by atoms with van der Waals surface area (Å²) in [5.74, 6) is 0. The molecule has 0 fully saturated rings. The molecule has 0 radical (unpaired) electrons. The highest BCUT2D eigenvalue weighted by atomic mass is 35.5. The molecular formula is C11H11ClN2. The van der Waals surface area contributed by atoms with Crippen molar-refractivity contribution in [2.75, 3.05) is 0 Å². The minimum Gasteiger partial charge on any atom is -0.236 e. The van der Waals surface area contributed by atoms with Crippen LogP contribution in [0, 0.1) is 20.8 Å². The number of aromatic nitrogens is 2. The van der Waals surface area contributed by atoms with Gasteiger partial charge in [-0.15, -0.1) is 0 Å². The van der Waals surface area contributed by atoms with Gasteiger partial charge in [-0.05, 0) is 43.5 Å². The van der Waals surface area contributed by atoms with E-state index in [1.54, 1.807) is 0 Å². The first-order chi connectivity index (χ1) is 6.61. The molecule has 0 aliphatic carbocycles. The molecule has 0 aliphatic rings. The average Bonchev–Trinajstić information content (AvgIpc) is 2.14. The minimum absolute atomic E-state index is 0.538. The molecular weight excluding hydrogens is 196 g/mol. The molecule has 0 amide bonds. The lowest BCUT2D eigenvalue weighted by Crippen LogP contribution is -1.92. The molecule has 14 heavy (non-hydrogen) atoms. The van der Waals surface area contributed by atoms with Gasteiger partial charge in [-0.1, -0.05) is 11.6 Å². The Morgan fingerprint density at radius 2 is 1.79 bits per heavy atom. The summed E-state index contributed by atoms with van der Waals surface area (Å²) in [6.45, 7) is 6.23. The molecule has 0 aliphatic heterocycles. The molecule has 0 saturated heterocycles. The Hall–Kier alpha value is -1.15. The van der Waals surface area contributed by atoms with E-state index in [1.807, 2.05) is 6.07 Å². The van der Waals surface area contributed by atoms with E-state index in [-0.39, 0.29) is 0 Å². The normalized spacial score (nSPS) is 10.9. The number of hydrogen-bond acceptors (Lipinski definition) is 2. The van der Waals surface area contributed by atoms with Gasteiger partial charge in [0.2, 0.25) is 0 Å². The van der Waals surface area contributed by atoms with Crippen LogP contribution < -0.4 is 0 Å². The van der Waals surface area contributed by atoms with Gasteiger partial charge in [-0.3, -0.25) is 0 Å². The van der Waals surface area contributed by atoms with Gasteiger partial charge in [0, 0.05) is 5.39 Å². The van der Waals surface area contributed by atoms with Gasteiger partial charge in [0.15, 0.2) is 0 Å². The number of fused-ring (bicyclic) bond motifs is 1. The number of halogens is 1. The molecule has 2 aromatic rings. The predicted molar refractivity (Wildman–Crippen MR) is 58.8 cm³/mol. The topological polar surface area (TPSA) is 25.8 Å². The monoisotopic (exact) mass is 206 g/mol. The maximum atomic E-state index is 6.04. The van der Waals surface area contributed by atoms with E-state index in [2.05, 4.69) is 30.7 Å². The van der Waals surface area contributed by atoms with Crippen molar-refractivity contribution in [1.29, 1.82) is 0 Å². The summed E-state index contributed by atoms with van der Waals surface area (Å²) in [6, 6.07) is 2.05. The third-order valence-corrected chi connectivity index (χ3v) is 3.00. The van der Waals surface area contributed by atoms with Crippen LogP contribution in [0.15, 0.2) is 12.4 Å². The Kier molecular flexibility index (Phi) is 2.16. The predicted octanol–water partition coefficient (Wildman–Crippen LogP) is 3.21. The van der Waals surface area contributed by atoms with E-state index >= 15 is 0 Å². The molecule has 0 saturated carbocycles. The van der Waals surface area contributed by atoms with Gasteiger partial charge in [0.25, 0.3) is 0 Å². The molecule has 2 nitrogen and oxygen atoms in total. The molecule has 0 spiro atoms. The van der Waals surface area contributed by atoms with Gasteiger partial charge in [-0.2, -0.15) is 0 Å². The van der Waals surface area contributed by atoms with Gasteiger partial charge in [-0.25, -0.2) is 9.97 Å². The molecule has 1 heterocycles. The zero-order valence-corrected chi connectivity index (χ0v) is 9.18. The van der Waals surface area contributed by atoms with Crippen LogP contribution in [0.2, 0.25) is 5.15 Å². The van der Waals surface area contributed by atoms with Crippen molar-refractivity contribution in [3.8, 4) is 0 Å². The van der Waals surface area contributed by atoms with Crippen molar-refractivity contribution in [3.63, 3.8) is 0 Å². The van der Waals surface area contributed by atoms with Gasteiger partial charge in [0.1, 0.15) is 11.5 Å². The number of nitrogens with zero attached hydrogens (tertiary/aromatic N) is 2. The molecule has 1 aromatic carbocycles. The summed E-state index contributed by atoms with van der Waals surface area (Å²) >= 11 is 6.04. The van der Waals surface area contributed by atoms with Crippen molar-refractivity contribution in [2.24, 2.45) is 0 Å². The lowest BCUT2D eigenvalue weighted by atomic mass is 10.0. The average molecular weight is 207 g/mol. The summed E-state index contributed by atoms with van der Waals surface area (Å²) in [7, 11) is 0. The van der Waals surface area contributed by atoms with Crippen LogP contribution in [-0.2, 0) is 0 Å². The SMILES string of the molecule is Cc1cc2ncnc(Cl)c2c(C)c1C. The smallest absolute Gasteiger partial charge is 0.140 e. The maximum Gasteiger partial charge on any atom is 0.140 e. The van der Waals surface area contributed by atoms with Gasteiger partial charge in [0.05, 0.1) is 5.52 Å². The van der Waals surface area contributed by atoms with E-state index in [9.17, 15) is 0 Å². The van der Waals surface area contributed by atoms with Crippen molar-refractivity contribution in [3.05, 3.63) is 34.2 Å². The zero-order valence-electron chi connectivity index (χ0n) is 8.43. The number of hydrogen-bond donors (Lipinski definition) is 0. The van der Waals surface area contributed by atoms with E-state index in [4.69, 9.17) is 11.6 Å². The Balaban J connectivity index is 2.99. The summed E-state index contributed by atoms with van der Waals surface area (Å²) in [4.78, 5) is 8.20. The first-order valence-corrected chi connectivity index (χ1v) is 4.86. The van der Waals surface area contributed by atoms with Crippen LogP contribution in [0.4, 0.5) is 0 Å². The van der Waals surface area contributed by atoms with E-state index < -0.39 is 0 Å². The second-order valence-electron chi connectivity index (χ2n) is 3.50. The molecule has 2 rings (SSSR count). The molecule has 0 unspecified atom stereocenters. The Labute approximate surface area is 88.0 Å². The van der Waals surface area contributed by atoms with E-state index in [0.29, 0.717) is 5.15 Å². The summed E-state index contributed by atoms with van der Waals surface area (Å²) in [5.41, 5.74) is 4.59. The lowest BCUT2D eigenvalue weighted by Gasteiger charge is -2.08. The Bertz CT molecular complexity index is 506. The molecule has 0 bridgehead atoms. The largest absolute Gasteiger partial charge is 0.236 e. The minimum atomic E-state index is 0.538. The molecule has 0 atom stereocenters. The van der Waals surface area contributed by atoms with Gasteiger partial charge < -0.3 is 0 Å². The quantitative estimate of drug-likeness (QED) is 0.619. The fourth-order valence-electron chi connectivity index (χ4n) is 1.63. The van der Waals surface area contributed by atoms with Crippen molar-refractivity contribution in [2.45, 2.75) is 20.8 Å². The van der Waals surface area contributed by atoms with E-state index in [0.717, 1.165) is 10.9 Å². The molecule has 1 aromatic heterocycles. The number of rotatable bonds is 0. The number of benzene rings is 1. The fourth-order valence-corrected chi connectivity index (χ4v) is 1.91.